The van der Waals surface area contributed by atoms with Gasteiger partial charge in [-0.05, 0) is 32.9 Å². The molecule has 0 saturated heterocycles. The van der Waals surface area contributed by atoms with Crippen molar-refractivity contribution < 1.29 is 9.21 Å². The highest BCUT2D eigenvalue weighted by atomic mass is 16.3. The van der Waals surface area contributed by atoms with Crippen molar-refractivity contribution in [1.29, 1.82) is 0 Å². The quantitative estimate of drug-likeness (QED) is 0.773. The molecule has 4 nitrogen and oxygen atoms in total. The summed E-state index contributed by atoms with van der Waals surface area (Å²) in [5, 5.41) is 5.92. The van der Waals surface area contributed by atoms with E-state index in [1.165, 1.54) is 0 Å². The Morgan fingerprint density at radius 1 is 1.53 bits per heavy atom. The Kier molecular flexibility index (Phi) is 4.37. The topological polar surface area (TPSA) is 54.3 Å². The van der Waals surface area contributed by atoms with Gasteiger partial charge in [-0.2, -0.15) is 0 Å². The first kappa shape index (κ1) is 11.8. The number of rotatable bonds is 5. The number of carbonyl (C=O) groups excluding carboxylic acids is 1. The Morgan fingerprint density at radius 3 is 2.80 bits per heavy atom. The molecule has 1 rings (SSSR count). The number of furan rings is 1. The number of likely N-dealkylation sites (N-methyl/N-ethyl adjacent to an activating group) is 1. The fourth-order valence-electron chi connectivity index (χ4n) is 1.40. The largest absolute Gasteiger partial charge is 0.468 e. The number of hydrogen-bond acceptors (Lipinski definition) is 3. The van der Waals surface area contributed by atoms with Crippen LogP contribution in [0.3, 0.4) is 0 Å². The van der Waals surface area contributed by atoms with Crippen molar-refractivity contribution in [3.05, 3.63) is 24.2 Å². The number of amides is 1. The van der Waals surface area contributed by atoms with Crippen LogP contribution in [0, 0.1) is 0 Å². The van der Waals surface area contributed by atoms with Gasteiger partial charge in [0, 0.05) is 6.54 Å². The molecule has 1 aromatic rings. The van der Waals surface area contributed by atoms with Crippen LogP contribution in [0.5, 0.6) is 0 Å². The van der Waals surface area contributed by atoms with Crippen LogP contribution in [0.25, 0.3) is 0 Å². The molecule has 0 aromatic carbocycles. The van der Waals surface area contributed by atoms with E-state index in [4.69, 9.17) is 4.42 Å². The maximum Gasteiger partial charge on any atom is 0.236 e. The normalized spacial score (nSPS) is 14.6. The Morgan fingerprint density at radius 2 is 2.27 bits per heavy atom. The average Bonchev–Trinajstić information content (AvgIpc) is 2.70. The fraction of sp³-hybridized carbons (Fsp3) is 0.545. The van der Waals surface area contributed by atoms with E-state index in [9.17, 15) is 4.79 Å². The van der Waals surface area contributed by atoms with Crippen molar-refractivity contribution in [1.82, 2.24) is 10.6 Å². The van der Waals surface area contributed by atoms with Crippen molar-refractivity contribution >= 4 is 5.91 Å². The summed E-state index contributed by atoms with van der Waals surface area (Å²) in [6.45, 7) is 6.36. The monoisotopic (exact) mass is 210 g/mol. The Bertz CT molecular complexity index is 296. The highest BCUT2D eigenvalue weighted by Crippen LogP contribution is 2.12. The van der Waals surface area contributed by atoms with E-state index in [0.717, 1.165) is 5.76 Å². The van der Waals surface area contributed by atoms with Gasteiger partial charge in [0.15, 0.2) is 0 Å². The molecule has 2 N–H and O–H groups in total. The van der Waals surface area contributed by atoms with Gasteiger partial charge < -0.3 is 9.73 Å². The van der Waals surface area contributed by atoms with Crippen molar-refractivity contribution in [3.63, 3.8) is 0 Å². The molecule has 0 fully saturated rings. The minimum absolute atomic E-state index is 0.0101. The van der Waals surface area contributed by atoms with Crippen molar-refractivity contribution in [2.45, 2.75) is 32.9 Å². The molecule has 1 amide bonds. The molecule has 15 heavy (non-hydrogen) atoms. The van der Waals surface area contributed by atoms with Crippen LogP contribution >= 0.6 is 0 Å². The highest BCUT2D eigenvalue weighted by Gasteiger charge is 2.16. The zero-order valence-electron chi connectivity index (χ0n) is 9.41. The molecule has 1 heterocycles. The maximum atomic E-state index is 11.4. The molecular weight excluding hydrogens is 192 g/mol. The summed E-state index contributed by atoms with van der Waals surface area (Å²) in [6.07, 6.45) is 1.63. The highest BCUT2D eigenvalue weighted by molar-refractivity contribution is 5.81. The predicted molar refractivity (Wildman–Crippen MR) is 58.4 cm³/mol. The lowest BCUT2D eigenvalue weighted by atomic mass is 10.2. The summed E-state index contributed by atoms with van der Waals surface area (Å²) in [7, 11) is 0. The second-order valence-corrected chi connectivity index (χ2v) is 3.52. The molecule has 0 aliphatic rings. The van der Waals surface area contributed by atoms with E-state index in [1.54, 1.807) is 6.26 Å². The summed E-state index contributed by atoms with van der Waals surface area (Å²) in [5.41, 5.74) is 0. The Balaban J connectivity index is 2.44. The van der Waals surface area contributed by atoms with Crippen molar-refractivity contribution in [2.75, 3.05) is 6.54 Å². The van der Waals surface area contributed by atoms with Crippen LogP contribution in [-0.2, 0) is 4.79 Å². The summed E-state index contributed by atoms with van der Waals surface area (Å²) in [6, 6.07) is 3.55. The van der Waals surface area contributed by atoms with Gasteiger partial charge in [-0.25, -0.2) is 0 Å². The van der Waals surface area contributed by atoms with Gasteiger partial charge in [-0.15, -0.1) is 0 Å². The molecular formula is C11H18N2O2. The van der Waals surface area contributed by atoms with Crippen LogP contribution in [-0.4, -0.2) is 18.5 Å². The minimum Gasteiger partial charge on any atom is -0.468 e. The lowest BCUT2D eigenvalue weighted by Gasteiger charge is -2.17. The Hall–Kier alpha value is -1.29. The maximum absolute atomic E-state index is 11.4. The smallest absolute Gasteiger partial charge is 0.236 e. The van der Waals surface area contributed by atoms with E-state index >= 15 is 0 Å². The summed E-state index contributed by atoms with van der Waals surface area (Å²) in [4.78, 5) is 11.4. The molecule has 4 heteroatoms. The number of hydrogen-bond donors (Lipinski definition) is 2. The average molecular weight is 210 g/mol. The molecule has 0 bridgehead atoms. The van der Waals surface area contributed by atoms with Gasteiger partial charge >= 0.3 is 0 Å². The van der Waals surface area contributed by atoms with Gasteiger partial charge in [-0.1, -0.05) is 0 Å². The Labute approximate surface area is 90.0 Å². The minimum atomic E-state index is -0.218. The third-order valence-corrected chi connectivity index (χ3v) is 2.21. The fourth-order valence-corrected chi connectivity index (χ4v) is 1.40. The van der Waals surface area contributed by atoms with Crippen LogP contribution in [0.1, 0.15) is 32.6 Å². The van der Waals surface area contributed by atoms with Gasteiger partial charge in [0.1, 0.15) is 5.76 Å². The van der Waals surface area contributed by atoms with Crippen molar-refractivity contribution in [2.24, 2.45) is 0 Å². The first-order valence-corrected chi connectivity index (χ1v) is 5.22. The molecule has 84 valence electrons. The van der Waals surface area contributed by atoms with Crippen LogP contribution in [0.15, 0.2) is 22.8 Å². The second-order valence-electron chi connectivity index (χ2n) is 3.52. The SMILES string of the molecule is CCNC(=O)C(C)N[C@@H](C)c1ccco1. The third kappa shape index (κ3) is 3.40. The van der Waals surface area contributed by atoms with E-state index in [-0.39, 0.29) is 18.0 Å². The summed E-state index contributed by atoms with van der Waals surface area (Å²) < 4.78 is 5.24. The summed E-state index contributed by atoms with van der Waals surface area (Å²) in [5.74, 6) is 0.849. The first-order valence-electron chi connectivity index (χ1n) is 5.22. The van der Waals surface area contributed by atoms with Crippen LogP contribution in [0.2, 0.25) is 0 Å². The van der Waals surface area contributed by atoms with Gasteiger partial charge in [0.05, 0.1) is 18.3 Å². The zero-order chi connectivity index (χ0) is 11.3. The zero-order valence-corrected chi connectivity index (χ0v) is 9.41. The summed E-state index contributed by atoms with van der Waals surface area (Å²) >= 11 is 0. The standard InChI is InChI=1S/C11H18N2O2/c1-4-12-11(14)9(3)13-8(2)10-6-5-7-15-10/h5-9,13H,4H2,1-3H3,(H,12,14)/t8-,9?/m0/s1. The first-order chi connectivity index (χ1) is 7.15. The van der Waals surface area contributed by atoms with Gasteiger partial charge in [0.2, 0.25) is 5.91 Å². The van der Waals surface area contributed by atoms with Crippen LogP contribution in [0.4, 0.5) is 0 Å². The van der Waals surface area contributed by atoms with E-state index < -0.39 is 0 Å². The molecule has 0 radical (unpaired) electrons. The second kappa shape index (κ2) is 5.56. The molecule has 0 aliphatic carbocycles. The predicted octanol–water partition coefficient (Wildman–Crippen LogP) is 1.45. The van der Waals surface area contributed by atoms with Crippen LogP contribution < -0.4 is 10.6 Å². The molecule has 0 saturated carbocycles. The van der Waals surface area contributed by atoms with E-state index in [2.05, 4.69) is 10.6 Å². The molecule has 2 atom stereocenters. The molecule has 0 aliphatic heterocycles. The number of carbonyl (C=O) groups is 1. The van der Waals surface area contributed by atoms with E-state index in [0.29, 0.717) is 6.54 Å². The third-order valence-electron chi connectivity index (χ3n) is 2.21. The molecule has 1 unspecified atom stereocenters. The lowest BCUT2D eigenvalue weighted by Crippen LogP contribution is -2.42. The van der Waals surface area contributed by atoms with Crippen molar-refractivity contribution in [3.8, 4) is 0 Å². The van der Waals surface area contributed by atoms with Gasteiger partial charge in [0.25, 0.3) is 0 Å². The lowest BCUT2D eigenvalue weighted by molar-refractivity contribution is -0.122. The van der Waals surface area contributed by atoms with E-state index in [1.807, 2.05) is 32.9 Å². The van der Waals surface area contributed by atoms with Gasteiger partial charge in [-0.3, -0.25) is 10.1 Å². The molecule has 0 spiro atoms. The molecule has 1 aromatic heterocycles. The number of nitrogens with one attached hydrogen (secondary N) is 2.